The number of hydrogen-bond donors (Lipinski definition) is 0. The third kappa shape index (κ3) is 2.00. The Bertz CT molecular complexity index is 823. The molecule has 106 valence electrons. The number of rotatable bonds is 3. The van der Waals surface area contributed by atoms with Crippen molar-refractivity contribution in [1.82, 2.24) is 0 Å². The number of fused-ring (bicyclic) bond motifs is 1. The summed E-state index contributed by atoms with van der Waals surface area (Å²) in [7, 11) is 1.40. The number of anilines is 1. The van der Waals surface area contributed by atoms with Crippen LogP contribution in [-0.2, 0) is 0 Å². The van der Waals surface area contributed by atoms with Gasteiger partial charge in [0.1, 0.15) is 0 Å². The third-order valence-corrected chi connectivity index (χ3v) is 3.70. The monoisotopic (exact) mass is 281 g/mol. The van der Waals surface area contributed by atoms with E-state index in [0.29, 0.717) is 5.56 Å². The van der Waals surface area contributed by atoms with Gasteiger partial charge in [-0.2, -0.15) is 0 Å². The lowest BCUT2D eigenvalue weighted by Crippen LogP contribution is -2.34. The lowest BCUT2D eigenvalue weighted by molar-refractivity contribution is 0.404. The molecule has 0 radical (unpaired) electrons. The van der Waals surface area contributed by atoms with E-state index < -0.39 is 10.9 Å². The predicted molar refractivity (Wildman–Crippen MR) is 84.4 cm³/mol. The summed E-state index contributed by atoms with van der Waals surface area (Å²) in [5.74, 6) is 0.149. The van der Waals surface area contributed by atoms with E-state index in [0.717, 1.165) is 23.4 Å². The summed E-state index contributed by atoms with van der Waals surface area (Å²) in [4.78, 5) is 25.2. The summed E-state index contributed by atoms with van der Waals surface area (Å²) >= 11 is 0. The Balaban J connectivity index is 2.12. The highest BCUT2D eigenvalue weighted by molar-refractivity contribution is 5.95. The quantitative estimate of drug-likeness (QED) is 0.809. The van der Waals surface area contributed by atoms with Crippen molar-refractivity contribution in [3.63, 3.8) is 0 Å². The highest BCUT2D eigenvalue weighted by Gasteiger charge is 2.22. The number of benzene rings is 1. The molecule has 0 aliphatic carbocycles. The van der Waals surface area contributed by atoms with E-state index in [9.17, 15) is 9.59 Å². The first kappa shape index (κ1) is 13.4. The second kappa shape index (κ2) is 5.05. The molecule has 21 heavy (non-hydrogen) atoms. The molecule has 2 aromatic carbocycles. The SMILES string of the molecule is CCN1C=C/C(=C\c2c(OC)c(=O)c2=O)c2ccccc21. The van der Waals surface area contributed by atoms with Crippen molar-refractivity contribution in [2.75, 3.05) is 18.6 Å². The fraction of sp³-hybridized carbons (Fsp3) is 0.176. The van der Waals surface area contributed by atoms with Gasteiger partial charge in [-0.3, -0.25) is 9.59 Å². The van der Waals surface area contributed by atoms with Crippen LogP contribution in [0.15, 0.2) is 46.1 Å². The molecule has 0 unspecified atom stereocenters. The first-order valence-electron chi connectivity index (χ1n) is 6.80. The normalized spacial score (nSPS) is 15.5. The summed E-state index contributed by atoms with van der Waals surface area (Å²) in [6.45, 7) is 2.94. The Hall–Kier alpha value is -2.62. The van der Waals surface area contributed by atoms with E-state index in [4.69, 9.17) is 4.74 Å². The molecule has 0 saturated carbocycles. The Morgan fingerprint density at radius 3 is 2.67 bits per heavy atom. The van der Waals surface area contributed by atoms with Crippen LogP contribution in [0.4, 0.5) is 5.69 Å². The van der Waals surface area contributed by atoms with Gasteiger partial charge in [-0.15, -0.1) is 0 Å². The lowest BCUT2D eigenvalue weighted by atomic mass is 9.96. The number of allylic oxidation sites excluding steroid dienone is 2. The fourth-order valence-corrected chi connectivity index (χ4v) is 2.59. The summed E-state index contributed by atoms with van der Waals surface area (Å²) in [5, 5.41) is 0. The molecule has 1 aliphatic rings. The van der Waals surface area contributed by atoms with Gasteiger partial charge in [-0.1, -0.05) is 18.2 Å². The molecular formula is C17H15NO3. The number of para-hydroxylation sites is 1. The van der Waals surface area contributed by atoms with Crippen LogP contribution < -0.4 is 20.5 Å². The zero-order valence-electron chi connectivity index (χ0n) is 11.9. The molecule has 3 rings (SSSR count). The van der Waals surface area contributed by atoms with Gasteiger partial charge in [0.05, 0.1) is 12.7 Å². The largest absolute Gasteiger partial charge is 0.492 e. The second-order valence-corrected chi connectivity index (χ2v) is 4.82. The van der Waals surface area contributed by atoms with Gasteiger partial charge < -0.3 is 9.64 Å². The number of nitrogens with zero attached hydrogens (tertiary/aromatic N) is 1. The molecule has 0 N–H and O–H groups in total. The molecule has 0 fully saturated rings. The average molecular weight is 281 g/mol. The van der Waals surface area contributed by atoms with Crippen molar-refractivity contribution < 1.29 is 4.74 Å². The van der Waals surface area contributed by atoms with Gasteiger partial charge in [0.25, 0.3) is 5.43 Å². The van der Waals surface area contributed by atoms with E-state index in [1.165, 1.54) is 7.11 Å². The first-order valence-corrected chi connectivity index (χ1v) is 6.80. The highest BCUT2D eigenvalue weighted by Crippen LogP contribution is 2.34. The van der Waals surface area contributed by atoms with Gasteiger partial charge in [-0.05, 0) is 30.7 Å². The molecule has 0 spiro atoms. The van der Waals surface area contributed by atoms with E-state index in [-0.39, 0.29) is 5.75 Å². The van der Waals surface area contributed by atoms with Crippen molar-refractivity contribution >= 4 is 17.3 Å². The van der Waals surface area contributed by atoms with Crippen LogP contribution in [0.2, 0.25) is 0 Å². The maximum atomic E-state index is 11.7. The van der Waals surface area contributed by atoms with Crippen LogP contribution in [0.25, 0.3) is 11.6 Å². The minimum atomic E-state index is -0.549. The topological polar surface area (TPSA) is 46.6 Å². The molecule has 4 heteroatoms. The molecule has 1 aliphatic heterocycles. The van der Waals surface area contributed by atoms with Crippen molar-refractivity contribution in [3.05, 3.63) is 68.1 Å². The molecule has 0 saturated heterocycles. The summed E-state index contributed by atoms with van der Waals surface area (Å²) < 4.78 is 4.98. The van der Waals surface area contributed by atoms with E-state index >= 15 is 0 Å². The summed E-state index contributed by atoms with van der Waals surface area (Å²) in [5.41, 5.74) is 2.35. The van der Waals surface area contributed by atoms with Crippen LogP contribution in [-0.4, -0.2) is 13.7 Å². The molecule has 0 amide bonds. The molecule has 2 aromatic rings. The third-order valence-electron chi connectivity index (χ3n) is 3.70. The van der Waals surface area contributed by atoms with Crippen LogP contribution in [0.3, 0.4) is 0 Å². The zero-order valence-corrected chi connectivity index (χ0v) is 11.9. The molecule has 0 aromatic heterocycles. The van der Waals surface area contributed by atoms with Crippen molar-refractivity contribution in [2.45, 2.75) is 6.92 Å². The molecular weight excluding hydrogens is 266 g/mol. The van der Waals surface area contributed by atoms with Gasteiger partial charge >= 0.3 is 0 Å². The molecule has 1 heterocycles. The van der Waals surface area contributed by atoms with Gasteiger partial charge in [-0.25, -0.2) is 0 Å². The first-order chi connectivity index (χ1) is 10.2. The smallest absolute Gasteiger partial charge is 0.268 e. The zero-order chi connectivity index (χ0) is 15.0. The van der Waals surface area contributed by atoms with Crippen molar-refractivity contribution in [2.24, 2.45) is 0 Å². The fourth-order valence-electron chi connectivity index (χ4n) is 2.59. The number of methoxy groups -OCH3 is 1. The Morgan fingerprint density at radius 2 is 1.95 bits per heavy atom. The number of hydrogen-bond acceptors (Lipinski definition) is 4. The molecule has 0 atom stereocenters. The maximum absolute atomic E-state index is 11.7. The van der Waals surface area contributed by atoms with E-state index in [1.54, 1.807) is 6.08 Å². The van der Waals surface area contributed by atoms with Crippen LogP contribution >= 0.6 is 0 Å². The Kier molecular flexibility index (Phi) is 3.22. The van der Waals surface area contributed by atoms with Crippen LogP contribution in [0, 0.1) is 0 Å². The highest BCUT2D eigenvalue weighted by atomic mass is 16.5. The van der Waals surface area contributed by atoms with E-state index in [1.807, 2.05) is 36.5 Å². The Morgan fingerprint density at radius 1 is 1.19 bits per heavy atom. The minimum Gasteiger partial charge on any atom is -0.492 e. The van der Waals surface area contributed by atoms with Gasteiger partial charge in [0, 0.05) is 24.0 Å². The maximum Gasteiger partial charge on any atom is 0.268 e. The number of ether oxygens (including phenoxy) is 1. The average Bonchev–Trinajstić information content (AvgIpc) is 2.54. The standard InChI is InChI=1S/C17H15NO3/c1-3-18-9-8-11(12-6-4-5-7-14(12)18)10-13-15(19)16(20)17(13)21-2/h4-10H,3H2,1-2H3/b11-10+. The summed E-state index contributed by atoms with van der Waals surface area (Å²) in [6.07, 6.45) is 5.65. The molecule has 4 nitrogen and oxygen atoms in total. The van der Waals surface area contributed by atoms with E-state index in [2.05, 4.69) is 11.8 Å². The Labute approximate surface area is 122 Å². The lowest BCUT2D eigenvalue weighted by Gasteiger charge is -2.26. The van der Waals surface area contributed by atoms with Gasteiger partial charge in [0.2, 0.25) is 5.43 Å². The predicted octanol–water partition coefficient (Wildman–Crippen LogP) is 2.19. The van der Waals surface area contributed by atoms with Crippen LogP contribution in [0.5, 0.6) is 5.75 Å². The van der Waals surface area contributed by atoms with Crippen molar-refractivity contribution in [3.8, 4) is 5.75 Å². The van der Waals surface area contributed by atoms with Crippen LogP contribution in [0.1, 0.15) is 18.1 Å². The summed E-state index contributed by atoms with van der Waals surface area (Å²) in [6, 6.07) is 7.98. The van der Waals surface area contributed by atoms with Gasteiger partial charge in [0.15, 0.2) is 5.75 Å². The molecule has 0 bridgehead atoms. The second-order valence-electron chi connectivity index (χ2n) is 4.82. The minimum absolute atomic E-state index is 0.149. The van der Waals surface area contributed by atoms with Crippen molar-refractivity contribution in [1.29, 1.82) is 0 Å².